The van der Waals surface area contributed by atoms with Crippen molar-refractivity contribution in [1.82, 2.24) is 9.80 Å². The van der Waals surface area contributed by atoms with Crippen LogP contribution in [0, 0.1) is 11.3 Å². The maximum atomic E-state index is 11.6. The number of carbonyl (C=O) groups excluding carboxylic acids is 1. The standard InChI is InChI=1S/C16H19N3O2/c1-2-16(20)19-9-13(10-19)18-6-7-21-15-5-3-4-12(8-17)14(15)11-18/h3-5,13H,2,6-7,9-11H2,1H3. The molecule has 0 aliphatic carbocycles. The molecule has 0 atom stereocenters. The Balaban J connectivity index is 1.72. The summed E-state index contributed by atoms with van der Waals surface area (Å²) in [5.41, 5.74) is 1.65. The van der Waals surface area contributed by atoms with Crippen LogP contribution < -0.4 is 4.74 Å². The molecule has 0 bridgehead atoms. The van der Waals surface area contributed by atoms with E-state index in [1.165, 1.54) is 0 Å². The summed E-state index contributed by atoms with van der Waals surface area (Å²) >= 11 is 0. The molecule has 0 saturated carbocycles. The Morgan fingerprint density at radius 1 is 1.48 bits per heavy atom. The molecule has 0 unspecified atom stereocenters. The highest BCUT2D eigenvalue weighted by Crippen LogP contribution is 2.28. The SMILES string of the molecule is CCC(=O)N1CC(N2CCOc3cccc(C#N)c3C2)C1. The van der Waals surface area contributed by atoms with E-state index in [2.05, 4.69) is 11.0 Å². The lowest BCUT2D eigenvalue weighted by Gasteiger charge is -2.45. The van der Waals surface area contributed by atoms with Crippen molar-refractivity contribution in [2.45, 2.75) is 25.9 Å². The Morgan fingerprint density at radius 2 is 2.29 bits per heavy atom. The molecule has 2 heterocycles. The second-order valence-corrected chi connectivity index (χ2v) is 5.52. The van der Waals surface area contributed by atoms with Crippen molar-refractivity contribution in [2.75, 3.05) is 26.2 Å². The van der Waals surface area contributed by atoms with Gasteiger partial charge in [0.1, 0.15) is 12.4 Å². The fourth-order valence-electron chi connectivity index (χ4n) is 2.95. The number of hydrogen-bond donors (Lipinski definition) is 0. The summed E-state index contributed by atoms with van der Waals surface area (Å²) in [4.78, 5) is 15.9. The van der Waals surface area contributed by atoms with Gasteiger partial charge in [-0.2, -0.15) is 5.26 Å². The van der Waals surface area contributed by atoms with Crippen molar-refractivity contribution in [2.24, 2.45) is 0 Å². The fraction of sp³-hybridized carbons (Fsp3) is 0.500. The third kappa shape index (κ3) is 2.59. The second kappa shape index (κ2) is 5.74. The smallest absolute Gasteiger partial charge is 0.222 e. The van der Waals surface area contributed by atoms with Gasteiger partial charge in [0.05, 0.1) is 11.6 Å². The molecule has 0 aromatic heterocycles. The lowest BCUT2D eigenvalue weighted by Crippen LogP contribution is -2.61. The number of rotatable bonds is 2. The number of nitrogens with zero attached hydrogens (tertiary/aromatic N) is 3. The van der Waals surface area contributed by atoms with Crippen LogP contribution in [0.2, 0.25) is 0 Å². The quantitative estimate of drug-likeness (QED) is 0.823. The van der Waals surface area contributed by atoms with Gasteiger partial charge < -0.3 is 9.64 Å². The van der Waals surface area contributed by atoms with Crippen molar-refractivity contribution in [3.8, 4) is 11.8 Å². The van der Waals surface area contributed by atoms with E-state index in [1.807, 2.05) is 30.0 Å². The molecule has 0 radical (unpaired) electrons. The summed E-state index contributed by atoms with van der Waals surface area (Å²) in [7, 11) is 0. The predicted molar refractivity (Wildman–Crippen MR) is 77.7 cm³/mol. The molecular weight excluding hydrogens is 266 g/mol. The van der Waals surface area contributed by atoms with Gasteiger partial charge in [0.15, 0.2) is 0 Å². The van der Waals surface area contributed by atoms with E-state index in [0.29, 0.717) is 24.6 Å². The Hall–Kier alpha value is -2.06. The maximum Gasteiger partial charge on any atom is 0.222 e. The fourth-order valence-corrected chi connectivity index (χ4v) is 2.95. The molecule has 1 amide bonds. The highest BCUT2D eigenvalue weighted by Gasteiger charge is 2.35. The van der Waals surface area contributed by atoms with Crippen molar-refractivity contribution < 1.29 is 9.53 Å². The van der Waals surface area contributed by atoms with Gasteiger partial charge in [0.25, 0.3) is 0 Å². The predicted octanol–water partition coefficient (Wildman–Crippen LogP) is 1.37. The number of ether oxygens (including phenoxy) is 1. The third-order valence-corrected chi connectivity index (χ3v) is 4.28. The second-order valence-electron chi connectivity index (χ2n) is 5.52. The molecule has 1 aromatic rings. The van der Waals surface area contributed by atoms with Gasteiger partial charge in [-0.3, -0.25) is 9.69 Å². The number of likely N-dealkylation sites (tertiary alicyclic amines) is 1. The van der Waals surface area contributed by atoms with E-state index in [9.17, 15) is 10.1 Å². The first kappa shape index (κ1) is 13.9. The molecular formula is C16H19N3O2. The summed E-state index contributed by atoms with van der Waals surface area (Å²) < 4.78 is 5.76. The molecule has 0 N–H and O–H groups in total. The van der Waals surface area contributed by atoms with Crippen LogP contribution >= 0.6 is 0 Å². The maximum absolute atomic E-state index is 11.6. The van der Waals surface area contributed by atoms with Gasteiger partial charge >= 0.3 is 0 Å². The minimum absolute atomic E-state index is 0.218. The largest absolute Gasteiger partial charge is 0.492 e. The molecule has 5 heteroatoms. The van der Waals surface area contributed by atoms with Gasteiger partial charge in [0.2, 0.25) is 5.91 Å². The number of hydrogen-bond acceptors (Lipinski definition) is 4. The van der Waals surface area contributed by atoms with Crippen LogP contribution in [-0.4, -0.2) is 48.0 Å². The summed E-state index contributed by atoms with van der Waals surface area (Å²) in [6.07, 6.45) is 0.567. The molecule has 5 nitrogen and oxygen atoms in total. The summed E-state index contributed by atoms with van der Waals surface area (Å²) in [6, 6.07) is 8.24. The van der Waals surface area contributed by atoms with Crippen LogP contribution in [0.1, 0.15) is 24.5 Å². The number of fused-ring (bicyclic) bond motifs is 1. The molecule has 3 rings (SSSR count). The average molecular weight is 285 g/mol. The zero-order chi connectivity index (χ0) is 14.8. The van der Waals surface area contributed by atoms with E-state index >= 15 is 0 Å². The monoisotopic (exact) mass is 285 g/mol. The van der Waals surface area contributed by atoms with Crippen LogP contribution in [0.4, 0.5) is 0 Å². The minimum Gasteiger partial charge on any atom is -0.492 e. The lowest BCUT2D eigenvalue weighted by molar-refractivity contribution is -0.138. The van der Waals surface area contributed by atoms with E-state index in [0.717, 1.165) is 37.5 Å². The number of amides is 1. The van der Waals surface area contributed by atoms with Gasteiger partial charge in [-0.25, -0.2) is 0 Å². The van der Waals surface area contributed by atoms with E-state index in [-0.39, 0.29) is 5.91 Å². The molecule has 1 fully saturated rings. The number of benzene rings is 1. The van der Waals surface area contributed by atoms with Crippen LogP contribution in [-0.2, 0) is 11.3 Å². The number of nitriles is 1. The first-order chi connectivity index (χ1) is 10.2. The summed E-state index contributed by atoms with van der Waals surface area (Å²) in [5.74, 6) is 1.04. The summed E-state index contributed by atoms with van der Waals surface area (Å²) in [6.45, 7) is 5.65. The van der Waals surface area contributed by atoms with Crippen LogP contribution in [0.5, 0.6) is 5.75 Å². The van der Waals surface area contributed by atoms with E-state index in [4.69, 9.17) is 4.74 Å². The molecule has 110 valence electrons. The molecule has 1 saturated heterocycles. The molecule has 2 aliphatic heterocycles. The molecule has 0 spiro atoms. The first-order valence-electron chi connectivity index (χ1n) is 7.39. The Morgan fingerprint density at radius 3 is 3.00 bits per heavy atom. The first-order valence-corrected chi connectivity index (χ1v) is 7.39. The van der Waals surface area contributed by atoms with Gasteiger partial charge in [0, 0.05) is 44.2 Å². The van der Waals surface area contributed by atoms with Crippen molar-refractivity contribution in [3.63, 3.8) is 0 Å². The van der Waals surface area contributed by atoms with Gasteiger partial charge in [-0.05, 0) is 12.1 Å². The van der Waals surface area contributed by atoms with Crippen LogP contribution in [0.25, 0.3) is 0 Å². The van der Waals surface area contributed by atoms with Gasteiger partial charge in [-0.1, -0.05) is 13.0 Å². The normalized spacial score (nSPS) is 19.0. The third-order valence-electron chi connectivity index (χ3n) is 4.28. The molecule has 2 aliphatic rings. The van der Waals surface area contributed by atoms with Crippen molar-refractivity contribution in [1.29, 1.82) is 5.26 Å². The van der Waals surface area contributed by atoms with Crippen molar-refractivity contribution in [3.05, 3.63) is 29.3 Å². The highest BCUT2D eigenvalue weighted by atomic mass is 16.5. The average Bonchev–Trinajstić information content (AvgIpc) is 2.67. The Labute approximate surface area is 124 Å². The topological polar surface area (TPSA) is 56.6 Å². The number of carbonyl (C=O) groups is 1. The summed E-state index contributed by atoms with van der Waals surface area (Å²) in [5, 5.41) is 9.25. The van der Waals surface area contributed by atoms with E-state index < -0.39 is 0 Å². The van der Waals surface area contributed by atoms with Crippen LogP contribution in [0.3, 0.4) is 0 Å². The van der Waals surface area contributed by atoms with Crippen LogP contribution in [0.15, 0.2) is 18.2 Å². The lowest BCUT2D eigenvalue weighted by atomic mass is 10.0. The van der Waals surface area contributed by atoms with Gasteiger partial charge in [-0.15, -0.1) is 0 Å². The zero-order valence-corrected chi connectivity index (χ0v) is 12.2. The van der Waals surface area contributed by atoms with E-state index in [1.54, 1.807) is 0 Å². The minimum atomic E-state index is 0.218. The molecule has 1 aromatic carbocycles. The highest BCUT2D eigenvalue weighted by molar-refractivity contribution is 5.76. The Bertz CT molecular complexity index is 588. The van der Waals surface area contributed by atoms with Crippen molar-refractivity contribution >= 4 is 5.91 Å². The zero-order valence-electron chi connectivity index (χ0n) is 12.2. The Kier molecular flexibility index (Phi) is 3.80. The molecule has 21 heavy (non-hydrogen) atoms.